The summed E-state index contributed by atoms with van der Waals surface area (Å²) < 4.78 is 23.2. The van der Waals surface area contributed by atoms with Crippen LogP contribution in [0.1, 0.15) is 0 Å². The van der Waals surface area contributed by atoms with Crippen molar-refractivity contribution < 1.29 is 34.8 Å². The van der Waals surface area contributed by atoms with Crippen LogP contribution in [0.4, 0.5) is 0 Å². The van der Waals surface area contributed by atoms with Gasteiger partial charge in [-0.25, -0.2) is 0 Å². The van der Waals surface area contributed by atoms with Gasteiger partial charge in [0.05, 0.1) is 0 Å². The Morgan fingerprint density at radius 1 is 1.33 bits per heavy atom. The van der Waals surface area contributed by atoms with Crippen molar-refractivity contribution in [2.45, 2.75) is 0 Å². The predicted octanol–water partition coefficient (Wildman–Crippen LogP) is -2.98. The molecule has 36 valence electrons. The molecule has 4 nitrogen and oxygen atoms in total. The molecule has 0 heterocycles. The molecule has 0 unspecified atom stereocenters. The molecule has 0 amide bonds. The van der Waals surface area contributed by atoms with Gasteiger partial charge in [0.15, 0.2) is 0 Å². The minimum absolute atomic E-state index is 0. The van der Waals surface area contributed by atoms with E-state index in [1.807, 2.05) is 0 Å². The standard InChI is InChI=1S/Ba.3H2O.O.Ti.2H/h;3*1H2;;;;/q;;;;;+2;;/p-2. The minimum atomic E-state index is -3.58. The molecule has 0 atom stereocenters. The first-order valence-electron chi connectivity index (χ1n) is 0.651. The number of hydrogen-bond acceptors (Lipinski definition) is 1. The van der Waals surface area contributed by atoms with Gasteiger partial charge in [-0.2, -0.15) is 0 Å². The Balaban J connectivity index is -0.0000000450. The molecule has 0 aliphatic rings. The maximum atomic E-state index is 8.81. The monoisotopic (exact) mass is 256 g/mol. The Morgan fingerprint density at radius 3 is 1.33 bits per heavy atom. The Labute approximate surface area is 82.0 Å². The van der Waals surface area contributed by atoms with E-state index < -0.39 is 18.6 Å². The quantitative estimate of drug-likeness (QED) is 0.453. The van der Waals surface area contributed by atoms with Crippen LogP contribution in [0.5, 0.6) is 0 Å². The average Bonchev–Trinajstić information content (AvgIpc) is 0.811. The van der Waals surface area contributed by atoms with Crippen molar-refractivity contribution >= 4 is 48.9 Å². The predicted molar refractivity (Wildman–Crippen MR) is 17.3 cm³/mol. The van der Waals surface area contributed by atoms with Crippen molar-refractivity contribution in [3.05, 3.63) is 0 Å². The van der Waals surface area contributed by atoms with E-state index in [9.17, 15) is 0 Å². The van der Waals surface area contributed by atoms with Gasteiger partial charge in [-0.3, -0.25) is 0 Å². The van der Waals surface area contributed by atoms with Crippen molar-refractivity contribution in [3.8, 4) is 0 Å². The molecule has 0 saturated heterocycles. The maximum absolute atomic E-state index is 8.81. The molecule has 0 aromatic heterocycles. The third-order valence-electron chi connectivity index (χ3n) is 0. The van der Waals surface area contributed by atoms with Crippen molar-refractivity contribution in [1.29, 1.82) is 0 Å². The fourth-order valence-electron chi connectivity index (χ4n) is 0. The van der Waals surface area contributed by atoms with Crippen molar-refractivity contribution in [1.82, 2.24) is 0 Å². The van der Waals surface area contributed by atoms with E-state index in [-0.39, 0.29) is 54.4 Å². The zero-order valence-corrected chi connectivity index (χ0v) is 3.86. The van der Waals surface area contributed by atoms with Crippen LogP contribution in [0.25, 0.3) is 0 Å². The van der Waals surface area contributed by atoms with Crippen LogP contribution in [-0.4, -0.2) is 61.7 Å². The van der Waals surface area contributed by atoms with Gasteiger partial charge in [0.2, 0.25) is 0 Å². The molecular formula is H6BaO4Ti. The van der Waals surface area contributed by atoms with E-state index in [1.165, 1.54) is 0 Å². The normalized spacial score (nSPS) is 4.33. The summed E-state index contributed by atoms with van der Waals surface area (Å²) in [5.74, 6) is 0. The van der Waals surface area contributed by atoms with Gasteiger partial charge in [0.25, 0.3) is 0 Å². The molecule has 0 spiro atoms. The zero-order chi connectivity index (χ0) is 3.58. The second-order valence-electron chi connectivity index (χ2n) is 0.283. The molecule has 6 heavy (non-hydrogen) atoms. The summed E-state index contributed by atoms with van der Waals surface area (Å²) in [6, 6.07) is 0. The van der Waals surface area contributed by atoms with Gasteiger partial charge in [-0.1, -0.05) is 0 Å². The second kappa shape index (κ2) is 10.1. The first kappa shape index (κ1) is 15.7. The van der Waals surface area contributed by atoms with Crippen LogP contribution in [0.15, 0.2) is 0 Å². The first-order valence-corrected chi connectivity index (χ1v) is 2.69. The van der Waals surface area contributed by atoms with E-state index >= 15 is 0 Å². The number of rotatable bonds is 0. The summed E-state index contributed by atoms with van der Waals surface area (Å²) in [6.45, 7) is 0. The van der Waals surface area contributed by atoms with Crippen LogP contribution >= 0.6 is 0 Å². The second-order valence-corrected chi connectivity index (χ2v) is 1.17. The Morgan fingerprint density at radius 2 is 1.33 bits per heavy atom. The Hall–Kier alpha value is 1.97. The first-order chi connectivity index (χ1) is 1.73. The molecule has 0 fully saturated rings. The third-order valence-corrected chi connectivity index (χ3v) is 0. The summed E-state index contributed by atoms with van der Waals surface area (Å²) in [4.78, 5) is 0. The number of hydrogen-bond donors (Lipinski definition) is 2. The van der Waals surface area contributed by atoms with Crippen LogP contribution in [0, 0.1) is 0 Å². The Bertz CT molecular complexity index is 30.5. The van der Waals surface area contributed by atoms with Gasteiger partial charge in [0, 0.05) is 0 Å². The summed E-state index contributed by atoms with van der Waals surface area (Å²) in [6.07, 6.45) is 0. The van der Waals surface area contributed by atoms with Crippen molar-refractivity contribution in [2.24, 2.45) is 0 Å². The molecule has 6 heteroatoms. The molecule has 0 aliphatic carbocycles. The Kier molecular flexibility index (Phi) is 26.3. The topological polar surface area (TPSA) is 89.0 Å². The summed E-state index contributed by atoms with van der Waals surface area (Å²) in [5.41, 5.74) is 0. The van der Waals surface area contributed by atoms with E-state index in [4.69, 9.17) is 10.7 Å². The summed E-state index contributed by atoms with van der Waals surface area (Å²) in [5, 5.41) is 0. The van der Waals surface area contributed by atoms with E-state index in [0.717, 1.165) is 0 Å². The summed E-state index contributed by atoms with van der Waals surface area (Å²) >= 11 is -3.58. The van der Waals surface area contributed by atoms with Crippen LogP contribution in [0.2, 0.25) is 0 Å². The molecule has 0 saturated carbocycles. The molecule has 0 aliphatic heterocycles. The van der Waals surface area contributed by atoms with Crippen LogP contribution < -0.4 is 0 Å². The van der Waals surface area contributed by atoms with Crippen molar-refractivity contribution in [2.75, 3.05) is 0 Å². The molecule has 0 radical (unpaired) electrons. The molecule has 4 N–H and O–H groups in total. The molecule has 0 aromatic carbocycles. The molecule has 0 aromatic rings. The van der Waals surface area contributed by atoms with Gasteiger partial charge < -0.3 is 5.48 Å². The molecular weight excluding hydrogens is 249 g/mol. The van der Waals surface area contributed by atoms with Crippen LogP contribution in [-0.2, 0) is 21.9 Å². The summed E-state index contributed by atoms with van der Waals surface area (Å²) in [7, 11) is 0. The average molecular weight is 255 g/mol. The van der Waals surface area contributed by atoms with Gasteiger partial charge in [0.1, 0.15) is 0 Å². The van der Waals surface area contributed by atoms with Gasteiger partial charge >= 0.3 is 78.2 Å². The van der Waals surface area contributed by atoms with Crippen molar-refractivity contribution in [3.63, 3.8) is 0 Å². The van der Waals surface area contributed by atoms with E-state index in [2.05, 4.69) is 0 Å². The fourth-order valence-corrected chi connectivity index (χ4v) is 0. The van der Waals surface area contributed by atoms with E-state index in [0.29, 0.717) is 0 Å². The SMILES string of the molecule is O.[BaH2].[O]=[Ti]([OH])[OH]. The van der Waals surface area contributed by atoms with Gasteiger partial charge in [-0.05, 0) is 0 Å². The molecule has 0 bridgehead atoms. The zero-order valence-electron chi connectivity index (χ0n) is 2.30. The fraction of sp³-hybridized carbons (Fsp3) is 0. The van der Waals surface area contributed by atoms with Crippen LogP contribution in [0.3, 0.4) is 0 Å². The third kappa shape index (κ3) is 38.1. The van der Waals surface area contributed by atoms with Gasteiger partial charge in [-0.15, -0.1) is 0 Å². The van der Waals surface area contributed by atoms with E-state index in [1.54, 1.807) is 0 Å². The molecule has 0 rings (SSSR count).